The molecule has 0 bridgehead atoms. The molecular formula is C33H29ClN2O2. The lowest BCUT2D eigenvalue weighted by Crippen LogP contribution is -2.28. The van der Waals surface area contributed by atoms with Gasteiger partial charge in [0.25, 0.3) is 0 Å². The van der Waals surface area contributed by atoms with Crippen LogP contribution in [0.5, 0.6) is 11.5 Å². The van der Waals surface area contributed by atoms with E-state index in [9.17, 15) is 0 Å². The Morgan fingerprint density at radius 3 is 2.58 bits per heavy atom. The minimum absolute atomic E-state index is 0.285. The van der Waals surface area contributed by atoms with Gasteiger partial charge < -0.3 is 14.8 Å². The molecule has 6 rings (SSSR count). The maximum absolute atomic E-state index is 5.97. The molecule has 2 aliphatic rings. The Kier molecular flexibility index (Phi) is 6.89. The Balaban J connectivity index is 1.14. The van der Waals surface area contributed by atoms with Crippen molar-refractivity contribution in [2.45, 2.75) is 25.0 Å². The molecule has 1 aliphatic heterocycles. The van der Waals surface area contributed by atoms with Crippen LogP contribution in [0.3, 0.4) is 0 Å². The van der Waals surface area contributed by atoms with E-state index >= 15 is 0 Å². The number of methoxy groups -OCH3 is 1. The molecule has 3 atom stereocenters. The molecule has 190 valence electrons. The molecule has 38 heavy (non-hydrogen) atoms. The quantitative estimate of drug-likeness (QED) is 0.196. The molecule has 1 aliphatic carbocycles. The van der Waals surface area contributed by atoms with Crippen LogP contribution in [-0.4, -0.2) is 13.3 Å². The lowest BCUT2D eigenvalue weighted by Gasteiger charge is -2.37. The summed E-state index contributed by atoms with van der Waals surface area (Å²) in [5.41, 5.74) is 6.82. The van der Waals surface area contributed by atoms with Crippen LogP contribution in [0.2, 0.25) is 5.02 Å². The van der Waals surface area contributed by atoms with E-state index in [-0.39, 0.29) is 6.04 Å². The van der Waals surface area contributed by atoms with Crippen molar-refractivity contribution in [2.24, 2.45) is 10.9 Å². The van der Waals surface area contributed by atoms with Gasteiger partial charge in [-0.3, -0.25) is 4.99 Å². The second-order valence-electron chi connectivity index (χ2n) is 9.74. The molecule has 0 saturated carbocycles. The minimum Gasteiger partial charge on any atom is -0.493 e. The third-order valence-corrected chi connectivity index (χ3v) is 7.63. The highest BCUT2D eigenvalue weighted by molar-refractivity contribution is 6.30. The summed E-state index contributed by atoms with van der Waals surface area (Å²) in [5, 5.41) is 4.50. The van der Waals surface area contributed by atoms with Crippen LogP contribution in [0.15, 0.2) is 108 Å². The average Bonchev–Trinajstić information content (AvgIpc) is 3.46. The smallest absolute Gasteiger partial charge is 0.161 e. The number of hydrogen-bond donors (Lipinski definition) is 1. The van der Waals surface area contributed by atoms with Gasteiger partial charge >= 0.3 is 0 Å². The van der Waals surface area contributed by atoms with Crippen molar-refractivity contribution in [1.29, 1.82) is 0 Å². The van der Waals surface area contributed by atoms with E-state index in [1.165, 1.54) is 16.8 Å². The topological polar surface area (TPSA) is 42.8 Å². The summed E-state index contributed by atoms with van der Waals surface area (Å²) in [6.07, 6.45) is 7.65. The van der Waals surface area contributed by atoms with Crippen LogP contribution in [0.1, 0.15) is 40.6 Å². The summed E-state index contributed by atoms with van der Waals surface area (Å²) < 4.78 is 11.5. The first-order valence-electron chi connectivity index (χ1n) is 12.9. The second-order valence-corrected chi connectivity index (χ2v) is 10.2. The molecule has 1 N–H and O–H groups in total. The van der Waals surface area contributed by atoms with E-state index in [0.717, 1.165) is 23.2 Å². The van der Waals surface area contributed by atoms with Crippen molar-refractivity contribution in [3.8, 4) is 11.5 Å². The molecule has 0 spiro atoms. The number of para-hydroxylation sites is 1. The van der Waals surface area contributed by atoms with E-state index in [1.54, 1.807) is 7.11 Å². The third-order valence-electron chi connectivity index (χ3n) is 7.38. The van der Waals surface area contributed by atoms with Gasteiger partial charge in [-0.2, -0.15) is 0 Å². The first kappa shape index (κ1) is 24.3. The zero-order valence-corrected chi connectivity index (χ0v) is 21.9. The van der Waals surface area contributed by atoms with Crippen molar-refractivity contribution in [2.75, 3.05) is 12.4 Å². The van der Waals surface area contributed by atoms with Crippen LogP contribution in [0.25, 0.3) is 0 Å². The Morgan fingerprint density at radius 2 is 1.76 bits per heavy atom. The predicted molar refractivity (Wildman–Crippen MR) is 155 cm³/mol. The number of halogens is 1. The summed E-state index contributed by atoms with van der Waals surface area (Å²) in [4.78, 5) is 4.71. The first-order chi connectivity index (χ1) is 18.7. The van der Waals surface area contributed by atoms with Gasteiger partial charge in [0.2, 0.25) is 0 Å². The Morgan fingerprint density at radius 1 is 0.947 bits per heavy atom. The van der Waals surface area contributed by atoms with Gasteiger partial charge in [-0.15, -0.1) is 0 Å². The summed E-state index contributed by atoms with van der Waals surface area (Å²) in [5.74, 6) is 2.36. The summed E-state index contributed by atoms with van der Waals surface area (Å²) >= 11 is 5.97. The van der Waals surface area contributed by atoms with E-state index in [4.69, 9.17) is 26.1 Å². The van der Waals surface area contributed by atoms with Crippen molar-refractivity contribution >= 4 is 29.2 Å². The molecule has 4 aromatic carbocycles. The lowest BCUT2D eigenvalue weighted by molar-refractivity contribution is 0.284. The molecule has 4 aromatic rings. The maximum Gasteiger partial charge on any atom is 0.161 e. The Hall–Kier alpha value is -4.02. The van der Waals surface area contributed by atoms with Crippen molar-refractivity contribution in [3.63, 3.8) is 0 Å². The number of nitrogens with one attached hydrogen (secondary N) is 1. The van der Waals surface area contributed by atoms with E-state index in [1.807, 2.05) is 48.7 Å². The summed E-state index contributed by atoms with van der Waals surface area (Å²) in [6, 6.07) is 31.0. The zero-order chi connectivity index (χ0) is 25.9. The second kappa shape index (κ2) is 10.8. The number of fused-ring (bicyclic) bond motifs is 3. The molecule has 0 amide bonds. The van der Waals surface area contributed by atoms with Crippen molar-refractivity contribution in [1.82, 2.24) is 0 Å². The van der Waals surface area contributed by atoms with Gasteiger partial charge in [-0.05, 0) is 83.1 Å². The fraction of sp³-hybridized carbons (Fsp3) is 0.182. The third kappa shape index (κ3) is 5.05. The number of hydrogen-bond acceptors (Lipinski definition) is 4. The van der Waals surface area contributed by atoms with Gasteiger partial charge in [-0.1, -0.05) is 66.2 Å². The molecule has 0 aromatic heterocycles. The van der Waals surface area contributed by atoms with Crippen LogP contribution >= 0.6 is 11.6 Å². The van der Waals surface area contributed by atoms with Crippen LogP contribution < -0.4 is 14.8 Å². The van der Waals surface area contributed by atoms with E-state index in [0.29, 0.717) is 35.0 Å². The van der Waals surface area contributed by atoms with Gasteiger partial charge in [0.05, 0.1) is 18.8 Å². The van der Waals surface area contributed by atoms with Crippen LogP contribution in [-0.2, 0) is 6.61 Å². The Bertz CT molecular complexity index is 1480. The molecule has 0 fully saturated rings. The fourth-order valence-electron chi connectivity index (χ4n) is 5.42. The molecule has 0 radical (unpaired) electrons. The van der Waals surface area contributed by atoms with Crippen LogP contribution in [0.4, 0.5) is 11.4 Å². The lowest BCUT2D eigenvalue weighted by atomic mass is 9.77. The standard InChI is InChI=1S/C33H29ClN2O2/c1-37-32-19-23(11-18-31(32)38-21-22-9-14-25(34)15-10-22)20-35-26-16-12-24(13-17-26)33-29-7-4-6-27(29)28-5-2-3-8-30(28)36-33/h2-6,8-20,27,29,33,36H,7,21H2,1H3/t27-,29+,33-/m0/s1. The van der Waals surface area contributed by atoms with E-state index < -0.39 is 0 Å². The molecular weight excluding hydrogens is 492 g/mol. The highest BCUT2D eigenvalue weighted by Crippen LogP contribution is 2.49. The molecule has 1 heterocycles. The largest absolute Gasteiger partial charge is 0.493 e. The van der Waals surface area contributed by atoms with Gasteiger partial charge in [-0.25, -0.2) is 0 Å². The number of ether oxygens (including phenoxy) is 2. The number of nitrogens with zero attached hydrogens (tertiary/aromatic N) is 1. The summed E-state index contributed by atoms with van der Waals surface area (Å²) in [6.45, 7) is 0.437. The Labute approximate surface area is 228 Å². The predicted octanol–water partition coefficient (Wildman–Crippen LogP) is 8.50. The number of allylic oxidation sites excluding steroid dienone is 2. The fourth-order valence-corrected chi connectivity index (χ4v) is 5.54. The zero-order valence-electron chi connectivity index (χ0n) is 21.2. The van der Waals surface area contributed by atoms with Crippen LogP contribution in [0, 0.1) is 5.92 Å². The highest BCUT2D eigenvalue weighted by Gasteiger charge is 2.37. The molecule has 5 heteroatoms. The number of anilines is 1. The van der Waals surface area contributed by atoms with Crippen molar-refractivity contribution < 1.29 is 9.47 Å². The highest BCUT2D eigenvalue weighted by atomic mass is 35.5. The molecule has 4 nitrogen and oxygen atoms in total. The van der Waals surface area contributed by atoms with E-state index in [2.05, 4.69) is 66.0 Å². The first-order valence-corrected chi connectivity index (χ1v) is 13.3. The van der Waals surface area contributed by atoms with Gasteiger partial charge in [0.15, 0.2) is 11.5 Å². The molecule has 0 unspecified atom stereocenters. The minimum atomic E-state index is 0.285. The number of benzene rings is 4. The van der Waals surface area contributed by atoms with Gasteiger partial charge in [0.1, 0.15) is 6.61 Å². The van der Waals surface area contributed by atoms with Gasteiger partial charge in [0, 0.05) is 22.8 Å². The monoisotopic (exact) mass is 520 g/mol. The SMILES string of the molecule is COc1cc(C=Nc2ccc([C@@H]3Nc4ccccc4[C@@H]4C=CC[C@H]43)cc2)ccc1OCc1ccc(Cl)cc1. The molecule has 0 saturated heterocycles. The maximum atomic E-state index is 5.97. The number of aliphatic imine (C=N–C) groups is 1. The summed E-state index contributed by atoms with van der Waals surface area (Å²) in [7, 11) is 1.65. The normalized spacial score (nSPS) is 19.6. The van der Waals surface area contributed by atoms with Crippen molar-refractivity contribution in [3.05, 3.63) is 130 Å². The number of rotatable bonds is 7. The average molecular weight is 521 g/mol.